The summed E-state index contributed by atoms with van der Waals surface area (Å²) in [6, 6.07) is 8.66. The molecule has 0 amide bonds. The number of alkyl halides is 1. The minimum Gasteiger partial charge on any atom is -0.371 e. The summed E-state index contributed by atoms with van der Waals surface area (Å²) in [7, 11) is 0. The summed E-state index contributed by atoms with van der Waals surface area (Å²) in [4.78, 5) is 0. The van der Waals surface area contributed by atoms with Crippen LogP contribution in [-0.2, 0) is 0 Å². The number of hydrogen-bond acceptors (Lipinski definition) is 3. The quantitative estimate of drug-likeness (QED) is 0.640. The molecule has 4 heteroatoms. The Hall–Kier alpha value is -0.800. The predicted octanol–water partition coefficient (Wildman–Crippen LogP) is 4.65. The summed E-state index contributed by atoms with van der Waals surface area (Å²) in [5.74, 6) is 0. The van der Waals surface area contributed by atoms with Crippen molar-refractivity contribution in [1.29, 1.82) is 0 Å². The van der Waals surface area contributed by atoms with Crippen LogP contribution in [0, 0.1) is 0 Å². The monoisotopic (exact) mass is 280 g/mol. The number of fused-ring (bicyclic) bond motifs is 1. The first-order valence-electron chi connectivity index (χ1n) is 6.59. The summed E-state index contributed by atoms with van der Waals surface area (Å²) in [6.45, 7) is 0. The lowest BCUT2D eigenvalue weighted by Gasteiger charge is -2.21. The van der Waals surface area contributed by atoms with Gasteiger partial charge in [-0.15, -0.1) is 11.6 Å². The summed E-state index contributed by atoms with van der Waals surface area (Å²) in [6.07, 6.45) is 6.13. The molecule has 1 fully saturated rings. The molecular formula is C14H17ClN2S. The van der Waals surface area contributed by atoms with Gasteiger partial charge in [0.05, 0.1) is 10.9 Å². The molecule has 0 radical (unpaired) electrons. The maximum absolute atomic E-state index is 6.48. The third-order valence-electron chi connectivity index (χ3n) is 3.63. The molecule has 0 saturated heterocycles. The molecule has 96 valence electrons. The molecule has 1 aromatic heterocycles. The fourth-order valence-electron chi connectivity index (χ4n) is 2.59. The molecule has 0 aliphatic heterocycles. The second kappa shape index (κ2) is 5.45. The van der Waals surface area contributed by atoms with Crippen LogP contribution in [0.4, 0.5) is 5.00 Å². The van der Waals surface area contributed by atoms with Gasteiger partial charge in [-0.3, -0.25) is 0 Å². The molecule has 0 bridgehead atoms. The molecule has 2 aromatic rings. The van der Waals surface area contributed by atoms with Crippen LogP contribution in [0.1, 0.15) is 32.1 Å². The largest absolute Gasteiger partial charge is 0.371 e. The smallest absolute Gasteiger partial charge is 0.117 e. The van der Waals surface area contributed by atoms with Gasteiger partial charge in [-0.1, -0.05) is 31.4 Å². The predicted molar refractivity (Wildman–Crippen MR) is 79.8 cm³/mol. The third-order valence-corrected chi connectivity index (χ3v) is 4.96. The van der Waals surface area contributed by atoms with E-state index in [1.54, 1.807) is 11.5 Å². The molecule has 1 aliphatic carbocycles. The van der Waals surface area contributed by atoms with Gasteiger partial charge in [-0.2, -0.15) is 4.37 Å². The minimum absolute atomic E-state index is 0.244. The maximum atomic E-state index is 6.48. The van der Waals surface area contributed by atoms with Crippen LogP contribution in [0.2, 0.25) is 0 Å². The second-order valence-corrected chi connectivity index (χ2v) is 6.27. The van der Waals surface area contributed by atoms with Crippen molar-refractivity contribution in [1.82, 2.24) is 4.37 Å². The average molecular weight is 281 g/mol. The number of nitrogens with one attached hydrogen (secondary N) is 1. The Kier molecular flexibility index (Phi) is 3.71. The summed E-state index contributed by atoms with van der Waals surface area (Å²) >= 11 is 8.02. The Morgan fingerprint density at radius 1 is 1.17 bits per heavy atom. The van der Waals surface area contributed by atoms with Gasteiger partial charge < -0.3 is 5.32 Å². The molecule has 18 heavy (non-hydrogen) atoms. The van der Waals surface area contributed by atoms with Crippen LogP contribution in [-0.4, -0.2) is 15.8 Å². The van der Waals surface area contributed by atoms with E-state index in [4.69, 9.17) is 11.6 Å². The maximum Gasteiger partial charge on any atom is 0.117 e. The van der Waals surface area contributed by atoms with Crippen molar-refractivity contribution in [3.63, 3.8) is 0 Å². The van der Waals surface area contributed by atoms with Crippen molar-refractivity contribution >= 4 is 39.0 Å². The van der Waals surface area contributed by atoms with E-state index in [9.17, 15) is 0 Å². The van der Waals surface area contributed by atoms with Crippen molar-refractivity contribution in [2.45, 2.75) is 43.5 Å². The fourth-order valence-corrected chi connectivity index (χ4v) is 3.75. The zero-order valence-corrected chi connectivity index (χ0v) is 11.8. The molecule has 1 saturated carbocycles. The van der Waals surface area contributed by atoms with Gasteiger partial charge >= 0.3 is 0 Å². The Labute approximate surface area is 117 Å². The van der Waals surface area contributed by atoms with E-state index in [2.05, 4.69) is 27.9 Å². The SMILES string of the molecule is ClC1CCCCCC1Nc1snc2ccccc12. The van der Waals surface area contributed by atoms with Crippen molar-refractivity contribution in [3.05, 3.63) is 24.3 Å². The molecule has 2 atom stereocenters. The number of anilines is 1. The summed E-state index contributed by atoms with van der Waals surface area (Å²) in [5, 5.41) is 6.25. The lowest BCUT2D eigenvalue weighted by molar-refractivity contribution is 0.629. The lowest BCUT2D eigenvalue weighted by atomic mass is 10.1. The van der Waals surface area contributed by atoms with Crippen molar-refractivity contribution in [2.75, 3.05) is 5.32 Å². The molecule has 1 heterocycles. The average Bonchev–Trinajstić information content (AvgIpc) is 2.69. The first-order valence-corrected chi connectivity index (χ1v) is 7.80. The zero-order chi connectivity index (χ0) is 12.4. The number of rotatable bonds is 2. The Bertz CT molecular complexity index is 525. The van der Waals surface area contributed by atoms with Crippen LogP contribution < -0.4 is 5.32 Å². The first kappa shape index (κ1) is 12.2. The van der Waals surface area contributed by atoms with Gasteiger partial charge in [-0.05, 0) is 36.5 Å². The number of benzene rings is 1. The topological polar surface area (TPSA) is 24.9 Å². The van der Waals surface area contributed by atoms with E-state index in [0.717, 1.165) is 11.9 Å². The van der Waals surface area contributed by atoms with Gasteiger partial charge in [0, 0.05) is 11.4 Å². The highest BCUT2D eigenvalue weighted by Gasteiger charge is 2.22. The molecular weight excluding hydrogens is 264 g/mol. The summed E-state index contributed by atoms with van der Waals surface area (Å²) < 4.78 is 4.47. The normalized spacial score (nSPS) is 24.9. The second-order valence-electron chi connectivity index (χ2n) is 4.93. The van der Waals surface area contributed by atoms with Crippen LogP contribution in [0.5, 0.6) is 0 Å². The standard InChI is InChI=1S/C14H17ClN2S/c15-11-7-2-1-3-9-13(11)16-14-10-6-4-5-8-12(10)17-18-14/h4-6,8,11,13,16H,1-3,7,9H2. The molecule has 1 aliphatic rings. The van der Waals surface area contributed by atoms with E-state index in [1.807, 2.05) is 6.07 Å². The molecule has 3 rings (SSSR count). The number of hydrogen-bond donors (Lipinski definition) is 1. The van der Waals surface area contributed by atoms with E-state index >= 15 is 0 Å². The molecule has 1 N–H and O–H groups in total. The van der Waals surface area contributed by atoms with Crippen molar-refractivity contribution < 1.29 is 0 Å². The highest BCUT2D eigenvalue weighted by atomic mass is 35.5. The zero-order valence-electron chi connectivity index (χ0n) is 10.2. The number of halogens is 1. The van der Waals surface area contributed by atoms with E-state index in [0.29, 0.717) is 6.04 Å². The van der Waals surface area contributed by atoms with Gasteiger partial charge in [0.1, 0.15) is 5.00 Å². The minimum atomic E-state index is 0.244. The number of nitrogens with zero attached hydrogens (tertiary/aromatic N) is 1. The summed E-state index contributed by atoms with van der Waals surface area (Å²) in [5.41, 5.74) is 1.07. The third kappa shape index (κ3) is 2.47. The van der Waals surface area contributed by atoms with Crippen molar-refractivity contribution in [3.8, 4) is 0 Å². The van der Waals surface area contributed by atoms with E-state index < -0.39 is 0 Å². The van der Waals surface area contributed by atoms with Crippen LogP contribution in [0.15, 0.2) is 24.3 Å². The fraction of sp³-hybridized carbons (Fsp3) is 0.500. The first-order chi connectivity index (χ1) is 8.84. The van der Waals surface area contributed by atoms with E-state index in [1.165, 1.54) is 36.1 Å². The number of aromatic nitrogens is 1. The van der Waals surface area contributed by atoms with Gasteiger partial charge in [0.15, 0.2) is 0 Å². The van der Waals surface area contributed by atoms with Crippen LogP contribution >= 0.6 is 23.1 Å². The highest BCUT2D eigenvalue weighted by molar-refractivity contribution is 7.11. The van der Waals surface area contributed by atoms with Crippen molar-refractivity contribution in [2.24, 2.45) is 0 Å². The van der Waals surface area contributed by atoms with Gasteiger partial charge in [0.25, 0.3) is 0 Å². The Morgan fingerprint density at radius 3 is 2.94 bits per heavy atom. The van der Waals surface area contributed by atoms with Gasteiger partial charge in [-0.25, -0.2) is 0 Å². The molecule has 0 spiro atoms. The molecule has 1 aromatic carbocycles. The van der Waals surface area contributed by atoms with Crippen LogP contribution in [0.3, 0.4) is 0 Å². The lowest BCUT2D eigenvalue weighted by Crippen LogP contribution is -2.28. The Balaban J connectivity index is 1.82. The van der Waals surface area contributed by atoms with Crippen LogP contribution in [0.25, 0.3) is 10.9 Å². The van der Waals surface area contributed by atoms with E-state index in [-0.39, 0.29) is 5.38 Å². The highest BCUT2D eigenvalue weighted by Crippen LogP contribution is 2.31. The molecule has 2 unspecified atom stereocenters. The molecule has 2 nitrogen and oxygen atoms in total. The Morgan fingerprint density at radius 2 is 2.00 bits per heavy atom. The van der Waals surface area contributed by atoms with Gasteiger partial charge in [0.2, 0.25) is 0 Å².